The largest absolute Gasteiger partial charge is 0.229 e. The van der Waals surface area contributed by atoms with Gasteiger partial charge in [-0.2, -0.15) is 0 Å². The molecule has 25 heavy (non-hydrogen) atoms. The third kappa shape index (κ3) is 3.79. The van der Waals surface area contributed by atoms with Crippen molar-refractivity contribution in [3.63, 3.8) is 0 Å². The van der Waals surface area contributed by atoms with Crippen LogP contribution in [0.15, 0.2) is 70.6 Å². The summed E-state index contributed by atoms with van der Waals surface area (Å²) in [6.07, 6.45) is 2.45. The third-order valence-corrected chi connectivity index (χ3v) is 5.85. The van der Waals surface area contributed by atoms with E-state index in [0.717, 1.165) is 18.4 Å². The average Bonchev–Trinajstić information content (AvgIpc) is 3.05. The van der Waals surface area contributed by atoms with E-state index in [9.17, 15) is 8.42 Å². The van der Waals surface area contributed by atoms with Gasteiger partial charge >= 0.3 is 0 Å². The summed E-state index contributed by atoms with van der Waals surface area (Å²) in [6, 6.07) is 18.2. The van der Waals surface area contributed by atoms with E-state index in [-0.39, 0.29) is 9.92 Å². The molecular formula is C19H21N3O2S. The van der Waals surface area contributed by atoms with Gasteiger partial charge in [-0.1, -0.05) is 67.1 Å². The highest BCUT2D eigenvalue weighted by Crippen LogP contribution is 2.24. The highest BCUT2D eigenvalue weighted by molar-refractivity contribution is 7.91. The Morgan fingerprint density at radius 3 is 2.24 bits per heavy atom. The van der Waals surface area contributed by atoms with Crippen LogP contribution < -0.4 is 0 Å². The molecule has 6 heteroatoms. The molecule has 0 N–H and O–H groups in total. The van der Waals surface area contributed by atoms with E-state index in [1.54, 1.807) is 30.3 Å². The van der Waals surface area contributed by atoms with E-state index < -0.39 is 9.84 Å². The Labute approximate surface area is 148 Å². The summed E-state index contributed by atoms with van der Waals surface area (Å²) in [6.45, 7) is 2.45. The standard InChI is InChI=1S/C19H21N3O2S/c1-2-3-14-18-19(25(23,24)17-12-8-5-9-13-17)22(21-20-18)15-16-10-6-4-7-11-16/h4-13H,2-3,14-15H2,1H3. The highest BCUT2D eigenvalue weighted by atomic mass is 32.2. The minimum atomic E-state index is -3.67. The van der Waals surface area contributed by atoms with Crippen molar-refractivity contribution in [2.75, 3.05) is 0 Å². The van der Waals surface area contributed by atoms with Crippen molar-refractivity contribution in [2.45, 2.75) is 42.7 Å². The first-order valence-corrected chi connectivity index (χ1v) is 9.87. The first kappa shape index (κ1) is 17.4. The lowest BCUT2D eigenvalue weighted by atomic mass is 10.2. The fourth-order valence-corrected chi connectivity index (χ4v) is 4.28. The summed E-state index contributed by atoms with van der Waals surface area (Å²) < 4.78 is 27.9. The summed E-state index contributed by atoms with van der Waals surface area (Å²) in [7, 11) is -3.67. The molecule has 0 atom stereocenters. The second-order valence-corrected chi connectivity index (χ2v) is 7.77. The van der Waals surface area contributed by atoms with Crippen LogP contribution in [0.25, 0.3) is 0 Å². The van der Waals surface area contributed by atoms with Crippen LogP contribution in [0.5, 0.6) is 0 Å². The average molecular weight is 355 g/mol. The van der Waals surface area contributed by atoms with Crippen molar-refractivity contribution in [3.8, 4) is 0 Å². The van der Waals surface area contributed by atoms with Crippen molar-refractivity contribution >= 4 is 9.84 Å². The van der Waals surface area contributed by atoms with Gasteiger partial charge < -0.3 is 0 Å². The van der Waals surface area contributed by atoms with Crippen LogP contribution in [0.1, 0.15) is 31.0 Å². The second-order valence-electron chi connectivity index (χ2n) is 5.90. The van der Waals surface area contributed by atoms with Gasteiger partial charge in [0.1, 0.15) is 5.69 Å². The Balaban J connectivity index is 2.07. The third-order valence-electron chi connectivity index (χ3n) is 4.01. The van der Waals surface area contributed by atoms with E-state index in [2.05, 4.69) is 17.2 Å². The van der Waals surface area contributed by atoms with Gasteiger partial charge in [-0.05, 0) is 30.5 Å². The maximum atomic E-state index is 13.2. The molecule has 0 aliphatic carbocycles. The quantitative estimate of drug-likeness (QED) is 0.651. The summed E-state index contributed by atoms with van der Waals surface area (Å²) in [5.41, 5.74) is 1.53. The molecule has 0 spiro atoms. The monoisotopic (exact) mass is 355 g/mol. The highest BCUT2D eigenvalue weighted by Gasteiger charge is 2.27. The van der Waals surface area contributed by atoms with E-state index in [1.807, 2.05) is 30.3 Å². The lowest BCUT2D eigenvalue weighted by Gasteiger charge is -2.09. The van der Waals surface area contributed by atoms with Crippen LogP contribution in [-0.4, -0.2) is 23.4 Å². The van der Waals surface area contributed by atoms with E-state index in [1.165, 1.54) is 4.68 Å². The lowest BCUT2D eigenvalue weighted by Crippen LogP contribution is -2.14. The molecule has 3 rings (SSSR count). The van der Waals surface area contributed by atoms with Crippen LogP contribution in [0.2, 0.25) is 0 Å². The van der Waals surface area contributed by atoms with Crippen LogP contribution in [0.3, 0.4) is 0 Å². The number of rotatable bonds is 7. The van der Waals surface area contributed by atoms with Crippen molar-refractivity contribution < 1.29 is 8.42 Å². The molecule has 5 nitrogen and oxygen atoms in total. The number of hydrogen-bond acceptors (Lipinski definition) is 4. The molecule has 0 fully saturated rings. The van der Waals surface area contributed by atoms with Crippen LogP contribution in [-0.2, 0) is 22.8 Å². The zero-order valence-corrected chi connectivity index (χ0v) is 15.0. The second kappa shape index (κ2) is 7.61. The molecule has 130 valence electrons. The SMILES string of the molecule is CCCCc1nnn(Cc2ccccc2)c1S(=O)(=O)c1ccccc1. The van der Waals surface area contributed by atoms with Gasteiger partial charge in [-0.3, -0.25) is 0 Å². The molecule has 3 aromatic rings. The number of aromatic nitrogens is 3. The van der Waals surface area contributed by atoms with Crippen LogP contribution in [0.4, 0.5) is 0 Å². The summed E-state index contributed by atoms with van der Waals surface area (Å²) in [5, 5.41) is 8.52. The van der Waals surface area contributed by atoms with Crippen molar-refractivity contribution in [2.24, 2.45) is 0 Å². The van der Waals surface area contributed by atoms with Crippen LogP contribution >= 0.6 is 0 Å². The molecule has 0 bridgehead atoms. The van der Waals surface area contributed by atoms with Crippen molar-refractivity contribution in [1.29, 1.82) is 0 Å². The predicted octanol–water partition coefficient (Wildman–Crippen LogP) is 3.50. The van der Waals surface area contributed by atoms with Gasteiger partial charge in [0, 0.05) is 0 Å². The minimum absolute atomic E-state index is 0.205. The smallest absolute Gasteiger partial charge is 0.225 e. The summed E-state index contributed by atoms with van der Waals surface area (Å²) in [5.74, 6) is 0. The molecule has 1 aromatic heterocycles. The molecular weight excluding hydrogens is 334 g/mol. The van der Waals surface area contributed by atoms with Gasteiger partial charge in [0.05, 0.1) is 11.4 Å². The fourth-order valence-electron chi connectivity index (χ4n) is 2.71. The molecule has 0 aliphatic rings. The fraction of sp³-hybridized carbons (Fsp3) is 0.263. The maximum Gasteiger partial charge on any atom is 0.225 e. The normalized spacial score (nSPS) is 11.6. The van der Waals surface area contributed by atoms with Crippen molar-refractivity contribution in [1.82, 2.24) is 15.0 Å². The molecule has 0 amide bonds. The Morgan fingerprint density at radius 2 is 1.60 bits per heavy atom. The minimum Gasteiger partial charge on any atom is -0.229 e. The topological polar surface area (TPSA) is 64.8 Å². The summed E-state index contributed by atoms with van der Waals surface area (Å²) in [4.78, 5) is 0.268. The Morgan fingerprint density at radius 1 is 0.960 bits per heavy atom. The lowest BCUT2D eigenvalue weighted by molar-refractivity contribution is 0.554. The maximum absolute atomic E-state index is 13.2. The van der Waals surface area contributed by atoms with E-state index >= 15 is 0 Å². The van der Waals surface area contributed by atoms with E-state index in [4.69, 9.17) is 0 Å². The molecule has 0 aliphatic heterocycles. The number of hydrogen-bond donors (Lipinski definition) is 0. The molecule has 0 unspecified atom stereocenters. The molecule has 0 saturated carbocycles. The predicted molar refractivity (Wildman–Crippen MR) is 96.1 cm³/mol. The number of unbranched alkanes of at least 4 members (excludes halogenated alkanes) is 1. The molecule has 1 heterocycles. The molecule has 2 aromatic carbocycles. The van der Waals surface area contributed by atoms with Gasteiger partial charge in [0.2, 0.25) is 9.84 Å². The number of benzene rings is 2. The van der Waals surface area contributed by atoms with Gasteiger partial charge in [-0.15, -0.1) is 5.10 Å². The zero-order chi connectivity index (χ0) is 17.7. The first-order chi connectivity index (χ1) is 12.1. The Hall–Kier alpha value is -2.47. The Kier molecular flexibility index (Phi) is 5.28. The van der Waals surface area contributed by atoms with Gasteiger partial charge in [-0.25, -0.2) is 13.1 Å². The zero-order valence-electron chi connectivity index (χ0n) is 14.2. The number of sulfone groups is 1. The van der Waals surface area contributed by atoms with Crippen molar-refractivity contribution in [3.05, 3.63) is 71.9 Å². The first-order valence-electron chi connectivity index (χ1n) is 8.39. The molecule has 0 saturated heterocycles. The summed E-state index contributed by atoms with van der Waals surface area (Å²) >= 11 is 0. The number of aryl methyl sites for hydroxylation is 1. The van der Waals surface area contributed by atoms with Gasteiger partial charge in [0.25, 0.3) is 0 Å². The number of nitrogens with zero attached hydrogens (tertiary/aromatic N) is 3. The van der Waals surface area contributed by atoms with Gasteiger partial charge in [0.15, 0.2) is 5.03 Å². The van der Waals surface area contributed by atoms with Crippen LogP contribution in [0, 0.1) is 0 Å². The Bertz CT molecular complexity index is 920. The van der Waals surface area contributed by atoms with E-state index in [0.29, 0.717) is 18.7 Å². The molecule has 0 radical (unpaired) electrons.